The summed E-state index contributed by atoms with van der Waals surface area (Å²) in [5.41, 5.74) is 1.36. The average Bonchev–Trinajstić information content (AvgIpc) is 3.54. The van der Waals surface area contributed by atoms with E-state index in [4.69, 9.17) is 21.1 Å². The number of anilines is 1. The van der Waals surface area contributed by atoms with Crippen LogP contribution in [-0.2, 0) is 28.1 Å². The van der Waals surface area contributed by atoms with Gasteiger partial charge in [0.05, 0.1) is 27.0 Å². The average molecular weight is 541 g/mol. The fourth-order valence-electron chi connectivity index (χ4n) is 6.31. The number of aliphatic hydroxyl groups excluding tert-OH is 1. The fraction of sp³-hybridized carbons (Fsp3) is 0.444. The van der Waals surface area contributed by atoms with E-state index in [2.05, 4.69) is 47.8 Å². The molecule has 8 nitrogen and oxygen atoms in total. The number of ether oxygens (including phenoxy) is 2. The minimum absolute atomic E-state index is 0.0330. The third-order valence-corrected chi connectivity index (χ3v) is 12.7. The van der Waals surface area contributed by atoms with Crippen molar-refractivity contribution in [1.82, 2.24) is 15.0 Å². The van der Waals surface area contributed by atoms with E-state index in [1.807, 2.05) is 30.5 Å². The van der Waals surface area contributed by atoms with E-state index in [1.54, 1.807) is 17.9 Å². The molecule has 3 heterocycles. The lowest BCUT2D eigenvalue weighted by atomic mass is 9.82. The third kappa shape index (κ3) is 4.37. The van der Waals surface area contributed by atoms with Crippen LogP contribution in [0, 0.1) is 5.92 Å². The highest BCUT2D eigenvalue weighted by atomic mass is 35.5. The number of fused-ring (bicyclic) bond motifs is 2. The molecule has 1 aromatic heterocycles. The second kappa shape index (κ2) is 9.87. The molecular weight excluding hydrogens is 508 g/mol. The van der Waals surface area contributed by atoms with Gasteiger partial charge in [-0.1, -0.05) is 54.2 Å². The van der Waals surface area contributed by atoms with Crippen LogP contribution in [0.3, 0.4) is 0 Å². The minimum atomic E-state index is -2.18. The SMILES string of the molecule is COc1ccc([Si](C)(C)[C@H]2[C@H](CCn3cc(CCO)nn3)O[C@@]3(C(=O)Nc4ccc(Cl)cc43)[C@@H]2C)cc1. The molecule has 2 aromatic carbocycles. The Labute approximate surface area is 222 Å². The minimum Gasteiger partial charge on any atom is -0.497 e. The molecule has 0 aliphatic carbocycles. The molecule has 5 rings (SSSR count). The highest BCUT2D eigenvalue weighted by Crippen LogP contribution is 2.58. The van der Waals surface area contributed by atoms with Crippen molar-refractivity contribution >= 4 is 36.5 Å². The van der Waals surface area contributed by atoms with E-state index >= 15 is 0 Å². The van der Waals surface area contributed by atoms with Gasteiger partial charge in [-0.3, -0.25) is 9.48 Å². The molecule has 0 bridgehead atoms. The number of carbonyl (C=O) groups excluding carboxylic acids is 1. The summed E-state index contributed by atoms with van der Waals surface area (Å²) in [7, 11) is -0.515. The van der Waals surface area contributed by atoms with Crippen LogP contribution in [0.2, 0.25) is 23.7 Å². The van der Waals surface area contributed by atoms with Crippen molar-refractivity contribution in [3.63, 3.8) is 0 Å². The largest absolute Gasteiger partial charge is 0.497 e. The van der Waals surface area contributed by atoms with Crippen molar-refractivity contribution < 1.29 is 19.4 Å². The maximum atomic E-state index is 13.6. The third-order valence-electron chi connectivity index (χ3n) is 8.15. The molecule has 196 valence electrons. The van der Waals surface area contributed by atoms with Crippen LogP contribution >= 0.6 is 11.6 Å². The number of amides is 1. The van der Waals surface area contributed by atoms with E-state index in [0.29, 0.717) is 24.4 Å². The molecule has 0 unspecified atom stereocenters. The van der Waals surface area contributed by atoms with Gasteiger partial charge in [0.2, 0.25) is 0 Å². The summed E-state index contributed by atoms with van der Waals surface area (Å²) in [6.07, 6.45) is 2.83. The first kappa shape index (κ1) is 25.9. The number of benzene rings is 2. The lowest BCUT2D eigenvalue weighted by Crippen LogP contribution is -2.51. The molecule has 1 spiro atoms. The van der Waals surface area contributed by atoms with Crippen molar-refractivity contribution in [2.75, 3.05) is 19.0 Å². The van der Waals surface area contributed by atoms with Gasteiger partial charge < -0.3 is 19.9 Å². The van der Waals surface area contributed by atoms with Crippen molar-refractivity contribution in [3.8, 4) is 5.75 Å². The summed E-state index contributed by atoms with van der Waals surface area (Å²) in [6.45, 7) is 7.48. The number of rotatable bonds is 8. The number of aromatic nitrogens is 3. The molecule has 1 fully saturated rings. The normalized spacial score (nSPS) is 24.9. The Morgan fingerprint density at radius 1 is 1.24 bits per heavy atom. The van der Waals surface area contributed by atoms with Crippen molar-refractivity contribution in [2.45, 2.75) is 56.7 Å². The summed E-state index contributed by atoms with van der Waals surface area (Å²) in [6, 6.07) is 13.8. The van der Waals surface area contributed by atoms with Gasteiger partial charge in [-0.05, 0) is 42.3 Å². The molecule has 0 radical (unpaired) electrons. The zero-order chi connectivity index (χ0) is 26.4. The number of halogens is 1. The van der Waals surface area contributed by atoms with Gasteiger partial charge in [0.25, 0.3) is 5.91 Å². The molecule has 4 atom stereocenters. The molecule has 1 saturated heterocycles. The number of hydrogen-bond donors (Lipinski definition) is 2. The fourth-order valence-corrected chi connectivity index (χ4v) is 10.5. The quantitative estimate of drug-likeness (QED) is 0.422. The predicted molar refractivity (Wildman–Crippen MR) is 145 cm³/mol. The topological polar surface area (TPSA) is 98.5 Å². The molecule has 10 heteroatoms. The molecule has 2 aliphatic heterocycles. The first-order valence-electron chi connectivity index (χ1n) is 12.6. The van der Waals surface area contributed by atoms with Gasteiger partial charge in [-0.25, -0.2) is 0 Å². The summed E-state index contributed by atoms with van der Waals surface area (Å²) >= 11 is 6.40. The van der Waals surface area contributed by atoms with Crippen molar-refractivity contribution in [1.29, 1.82) is 0 Å². The Morgan fingerprint density at radius 2 is 2.00 bits per heavy atom. The number of hydrogen-bond acceptors (Lipinski definition) is 6. The van der Waals surface area contributed by atoms with Crippen LogP contribution in [-0.4, -0.2) is 53.9 Å². The van der Waals surface area contributed by atoms with Gasteiger partial charge in [0.15, 0.2) is 5.60 Å². The lowest BCUT2D eigenvalue weighted by Gasteiger charge is -2.37. The number of nitrogens with zero attached hydrogens (tertiary/aromatic N) is 3. The van der Waals surface area contributed by atoms with Gasteiger partial charge >= 0.3 is 0 Å². The standard InChI is InChI=1S/C27H33ClN4O4Si/c1-17-25(37(3,4)21-8-6-20(35-2)7-9-21)24(11-13-32-16-19(12-14-33)30-31-32)36-27(17)22-15-18(28)5-10-23(22)29-26(27)34/h5-10,15-17,24-25,33H,11-14H2,1-4H3,(H,29,34)/t17-,24+,25-,27+/m1/s1. The van der Waals surface area contributed by atoms with E-state index in [0.717, 1.165) is 22.7 Å². The predicted octanol–water partition coefficient (Wildman–Crippen LogP) is 3.73. The van der Waals surface area contributed by atoms with Crippen LogP contribution in [0.1, 0.15) is 24.6 Å². The molecule has 1 amide bonds. The molecule has 3 aromatic rings. The first-order chi connectivity index (χ1) is 17.7. The Bertz CT molecular complexity index is 1300. The Balaban J connectivity index is 1.53. The molecule has 0 saturated carbocycles. The number of methoxy groups -OCH3 is 1. The first-order valence-corrected chi connectivity index (χ1v) is 16.1. The molecular formula is C27H33ClN4O4Si. The van der Waals surface area contributed by atoms with Crippen LogP contribution < -0.4 is 15.2 Å². The van der Waals surface area contributed by atoms with Gasteiger partial charge in [-0.15, -0.1) is 5.10 Å². The summed E-state index contributed by atoms with van der Waals surface area (Å²) < 4.78 is 14.1. The monoisotopic (exact) mass is 540 g/mol. The zero-order valence-electron chi connectivity index (χ0n) is 21.6. The van der Waals surface area contributed by atoms with Crippen LogP contribution in [0.15, 0.2) is 48.7 Å². The maximum Gasteiger partial charge on any atom is 0.261 e. The van der Waals surface area contributed by atoms with E-state index in [-0.39, 0.29) is 30.1 Å². The number of carbonyl (C=O) groups is 1. The number of aryl methyl sites for hydroxylation is 1. The van der Waals surface area contributed by atoms with Gasteiger partial charge in [-0.2, -0.15) is 0 Å². The summed E-state index contributed by atoms with van der Waals surface area (Å²) in [4.78, 5) is 13.6. The maximum absolute atomic E-state index is 13.6. The number of nitrogens with one attached hydrogen (secondary N) is 1. The Morgan fingerprint density at radius 3 is 2.70 bits per heavy atom. The lowest BCUT2D eigenvalue weighted by molar-refractivity contribution is -0.143. The van der Waals surface area contributed by atoms with Crippen LogP contribution in [0.5, 0.6) is 5.75 Å². The second-order valence-electron chi connectivity index (χ2n) is 10.5. The summed E-state index contributed by atoms with van der Waals surface area (Å²) in [5, 5.41) is 22.5. The zero-order valence-corrected chi connectivity index (χ0v) is 23.3. The van der Waals surface area contributed by atoms with Crippen LogP contribution in [0.4, 0.5) is 5.69 Å². The van der Waals surface area contributed by atoms with Crippen molar-refractivity contribution in [2.24, 2.45) is 5.92 Å². The smallest absolute Gasteiger partial charge is 0.261 e. The van der Waals surface area contributed by atoms with Gasteiger partial charge in [0.1, 0.15) is 5.75 Å². The highest BCUT2D eigenvalue weighted by Gasteiger charge is 2.64. The van der Waals surface area contributed by atoms with Crippen molar-refractivity contribution in [3.05, 3.63) is 64.9 Å². The highest BCUT2D eigenvalue weighted by molar-refractivity contribution is 6.91. The van der Waals surface area contributed by atoms with Crippen LogP contribution in [0.25, 0.3) is 0 Å². The van der Waals surface area contributed by atoms with Gasteiger partial charge in [0, 0.05) is 48.0 Å². The Kier molecular flexibility index (Phi) is 6.91. The van der Waals surface area contributed by atoms with E-state index in [9.17, 15) is 9.90 Å². The number of aliphatic hydroxyl groups is 1. The Hall–Kier alpha value is -2.72. The summed E-state index contributed by atoms with van der Waals surface area (Å²) in [5.74, 6) is 0.609. The molecule has 2 N–H and O–H groups in total. The molecule has 2 aliphatic rings. The molecule has 37 heavy (non-hydrogen) atoms. The second-order valence-corrected chi connectivity index (χ2v) is 15.7. The van der Waals surface area contributed by atoms with E-state index < -0.39 is 13.7 Å². The van der Waals surface area contributed by atoms with E-state index in [1.165, 1.54) is 5.19 Å².